The number of anilines is 4. The van der Waals surface area contributed by atoms with Gasteiger partial charge in [0.1, 0.15) is 0 Å². The second-order valence-corrected chi connectivity index (χ2v) is 3.62. The molecule has 0 amide bonds. The van der Waals surface area contributed by atoms with E-state index in [9.17, 15) is 0 Å². The predicted molar refractivity (Wildman–Crippen MR) is 73.4 cm³/mol. The van der Waals surface area contributed by atoms with Crippen LogP contribution in [0.15, 0.2) is 24.3 Å². The average Bonchev–Trinajstić information content (AvgIpc) is 2.47. The number of benzene rings is 1. The SMILES string of the molecule is CNc1nc(NC)nc(Nc2ccc(C#N)cc2)n1. The van der Waals surface area contributed by atoms with Gasteiger partial charge in [-0.2, -0.15) is 20.2 Å². The molecule has 1 heterocycles. The van der Waals surface area contributed by atoms with E-state index in [0.29, 0.717) is 23.4 Å². The summed E-state index contributed by atoms with van der Waals surface area (Å²) in [6.45, 7) is 0. The fourth-order valence-corrected chi connectivity index (χ4v) is 1.41. The minimum Gasteiger partial charge on any atom is -0.357 e. The molecule has 0 saturated heterocycles. The smallest absolute Gasteiger partial charge is 0.233 e. The van der Waals surface area contributed by atoms with Crippen LogP contribution in [-0.2, 0) is 0 Å². The van der Waals surface area contributed by atoms with Gasteiger partial charge in [-0.15, -0.1) is 0 Å². The summed E-state index contributed by atoms with van der Waals surface area (Å²) in [5.74, 6) is 1.36. The molecular weight excluding hydrogens is 242 g/mol. The Morgan fingerprint density at radius 1 is 0.895 bits per heavy atom. The van der Waals surface area contributed by atoms with Gasteiger partial charge in [0.25, 0.3) is 0 Å². The van der Waals surface area contributed by atoms with Crippen molar-refractivity contribution in [3.8, 4) is 6.07 Å². The molecule has 19 heavy (non-hydrogen) atoms. The molecule has 0 aliphatic rings. The summed E-state index contributed by atoms with van der Waals surface area (Å²) in [6, 6.07) is 9.10. The van der Waals surface area contributed by atoms with Crippen molar-refractivity contribution >= 4 is 23.5 Å². The molecule has 0 radical (unpaired) electrons. The summed E-state index contributed by atoms with van der Waals surface area (Å²) in [6.07, 6.45) is 0. The van der Waals surface area contributed by atoms with E-state index in [1.54, 1.807) is 38.4 Å². The van der Waals surface area contributed by atoms with Crippen LogP contribution in [-0.4, -0.2) is 29.0 Å². The molecule has 0 fully saturated rings. The van der Waals surface area contributed by atoms with Crippen molar-refractivity contribution in [2.24, 2.45) is 0 Å². The Balaban J connectivity index is 2.24. The van der Waals surface area contributed by atoms with E-state index < -0.39 is 0 Å². The van der Waals surface area contributed by atoms with E-state index in [-0.39, 0.29) is 0 Å². The van der Waals surface area contributed by atoms with E-state index in [4.69, 9.17) is 5.26 Å². The van der Waals surface area contributed by atoms with Crippen molar-refractivity contribution in [2.75, 3.05) is 30.0 Å². The van der Waals surface area contributed by atoms with E-state index in [2.05, 4.69) is 37.0 Å². The number of hydrogen-bond donors (Lipinski definition) is 3. The van der Waals surface area contributed by atoms with Gasteiger partial charge in [-0.25, -0.2) is 0 Å². The van der Waals surface area contributed by atoms with E-state index >= 15 is 0 Å². The van der Waals surface area contributed by atoms with E-state index in [0.717, 1.165) is 5.69 Å². The third kappa shape index (κ3) is 3.07. The molecule has 2 aromatic rings. The lowest BCUT2D eigenvalue weighted by Crippen LogP contribution is -2.07. The first-order chi connectivity index (χ1) is 9.25. The highest BCUT2D eigenvalue weighted by Crippen LogP contribution is 2.15. The Kier molecular flexibility index (Phi) is 3.73. The Morgan fingerprint density at radius 3 is 1.89 bits per heavy atom. The third-order valence-corrected chi connectivity index (χ3v) is 2.35. The van der Waals surface area contributed by atoms with Gasteiger partial charge in [-0.3, -0.25) is 0 Å². The van der Waals surface area contributed by atoms with Crippen LogP contribution < -0.4 is 16.0 Å². The third-order valence-electron chi connectivity index (χ3n) is 2.35. The highest BCUT2D eigenvalue weighted by Gasteiger charge is 2.04. The Hall–Kier alpha value is -2.88. The van der Waals surface area contributed by atoms with Crippen molar-refractivity contribution < 1.29 is 0 Å². The molecule has 0 saturated carbocycles. The molecule has 96 valence electrons. The average molecular weight is 255 g/mol. The first kappa shape index (κ1) is 12.6. The van der Waals surface area contributed by atoms with Crippen molar-refractivity contribution in [1.82, 2.24) is 15.0 Å². The maximum atomic E-state index is 8.73. The lowest BCUT2D eigenvalue weighted by molar-refractivity contribution is 1.05. The number of nitrogens with zero attached hydrogens (tertiary/aromatic N) is 4. The lowest BCUT2D eigenvalue weighted by atomic mass is 10.2. The maximum absolute atomic E-state index is 8.73. The molecule has 1 aromatic heterocycles. The predicted octanol–water partition coefficient (Wildman–Crippen LogP) is 1.57. The quantitative estimate of drug-likeness (QED) is 0.762. The zero-order valence-corrected chi connectivity index (χ0v) is 10.6. The number of hydrogen-bond acceptors (Lipinski definition) is 7. The number of nitriles is 1. The van der Waals surface area contributed by atoms with Gasteiger partial charge < -0.3 is 16.0 Å². The minimum atomic E-state index is 0.424. The van der Waals surface area contributed by atoms with Crippen LogP contribution in [0, 0.1) is 11.3 Å². The van der Waals surface area contributed by atoms with E-state index in [1.165, 1.54) is 0 Å². The molecule has 1 aromatic carbocycles. The summed E-state index contributed by atoms with van der Waals surface area (Å²) in [5.41, 5.74) is 1.40. The first-order valence-corrected chi connectivity index (χ1v) is 5.64. The molecule has 3 N–H and O–H groups in total. The highest BCUT2D eigenvalue weighted by molar-refractivity contribution is 5.56. The van der Waals surface area contributed by atoms with Gasteiger partial charge in [-0.1, -0.05) is 0 Å². The van der Waals surface area contributed by atoms with Crippen LogP contribution in [0.1, 0.15) is 5.56 Å². The fourth-order valence-electron chi connectivity index (χ4n) is 1.41. The summed E-state index contributed by atoms with van der Waals surface area (Å²) in [5, 5.41) is 17.5. The topological polar surface area (TPSA) is 98.5 Å². The van der Waals surface area contributed by atoms with Crippen molar-refractivity contribution in [3.05, 3.63) is 29.8 Å². The van der Waals surface area contributed by atoms with Gasteiger partial charge in [0, 0.05) is 19.8 Å². The van der Waals surface area contributed by atoms with Gasteiger partial charge in [-0.05, 0) is 24.3 Å². The van der Waals surface area contributed by atoms with Crippen LogP contribution in [0.3, 0.4) is 0 Å². The zero-order chi connectivity index (χ0) is 13.7. The highest BCUT2D eigenvalue weighted by atomic mass is 15.3. The number of rotatable bonds is 4. The first-order valence-electron chi connectivity index (χ1n) is 5.64. The molecule has 7 heteroatoms. The molecular formula is C12H13N7. The number of aromatic nitrogens is 3. The summed E-state index contributed by atoms with van der Waals surface area (Å²) >= 11 is 0. The van der Waals surface area contributed by atoms with Crippen LogP contribution in [0.2, 0.25) is 0 Å². The summed E-state index contributed by atoms with van der Waals surface area (Å²) < 4.78 is 0. The molecule has 0 atom stereocenters. The Labute approximate surface area is 110 Å². The molecule has 0 unspecified atom stereocenters. The van der Waals surface area contributed by atoms with Gasteiger partial charge in [0.15, 0.2) is 0 Å². The van der Waals surface area contributed by atoms with Crippen LogP contribution in [0.5, 0.6) is 0 Å². The van der Waals surface area contributed by atoms with Gasteiger partial charge in [0.05, 0.1) is 11.6 Å². The molecule has 0 aliphatic carbocycles. The zero-order valence-electron chi connectivity index (χ0n) is 10.6. The maximum Gasteiger partial charge on any atom is 0.233 e. The van der Waals surface area contributed by atoms with Gasteiger partial charge in [0.2, 0.25) is 17.8 Å². The van der Waals surface area contributed by atoms with Crippen LogP contribution >= 0.6 is 0 Å². The molecule has 0 bridgehead atoms. The fraction of sp³-hybridized carbons (Fsp3) is 0.167. The second kappa shape index (κ2) is 5.64. The van der Waals surface area contributed by atoms with E-state index in [1.807, 2.05) is 0 Å². The minimum absolute atomic E-state index is 0.424. The molecule has 0 aliphatic heterocycles. The number of nitrogens with one attached hydrogen (secondary N) is 3. The largest absolute Gasteiger partial charge is 0.357 e. The molecule has 0 spiro atoms. The van der Waals surface area contributed by atoms with Crippen molar-refractivity contribution in [1.29, 1.82) is 5.26 Å². The van der Waals surface area contributed by atoms with Crippen molar-refractivity contribution in [3.63, 3.8) is 0 Å². The second-order valence-electron chi connectivity index (χ2n) is 3.62. The van der Waals surface area contributed by atoms with Gasteiger partial charge >= 0.3 is 0 Å². The lowest BCUT2D eigenvalue weighted by Gasteiger charge is -2.08. The molecule has 7 nitrogen and oxygen atoms in total. The normalized spacial score (nSPS) is 9.53. The van der Waals surface area contributed by atoms with Crippen LogP contribution in [0.25, 0.3) is 0 Å². The van der Waals surface area contributed by atoms with Crippen molar-refractivity contribution in [2.45, 2.75) is 0 Å². The Bertz CT molecular complexity index is 578. The molecule has 2 rings (SSSR count). The standard InChI is InChI=1S/C12H13N7/c1-14-10-17-11(15-2)19-12(18-10)16-9-5-3-8(7-13)4-6-9/h3-6H,1-2H3,(H3,14,15,16,17,18,19). The summed E-state index contributed by atoms with van der Waals surface area (Å²) in [4.78, 5) is 12.5. The summed E-state index contributed by atoms with van der Waals surface area (Å²) in [7, 11) is 3.47. The van der Waals surface area contributed by atoms with Crippen LogP contribution in [0.4, 0.5) is 23.5 Å². The monoisotopic (exact) mass is 255 g/mol. The Morgan fingerprint density at radius 2 is 1.42 bits per heavy atom.